The zero-order valence-electron chi connectivity index (χ0n) is 14.0. The van der Waals surface area contributed by atoms with E-state index in [0.717, 1.165) is 42.2 Å². The lowest BCUT2D eigenvalue weighted by Crippen LogP contribution is -2.29. The number of anilines is 2. The van der Waals surface area contributed by atoms with Crippen LogP contribution in [0.1, 0.15) is 33.1 Å². The second-order valence-electron chi connectivity index (χ2n) is 6.37. The summed E-state index contributed by atoms with van der Waals surface area (Å²) in [6.45, 7) is 5.70. The molecule has 128 valence electrons. The fourth-order valence-corrected chi connectivity index (χ4v) is 3.77. The number of nitrogens with one attached hydrogen (secondary N) is 1. The van der Waals surface area contributed by atoms with Crippen LogP contribution in [0.5, 0.6) is 0 Å². The Morgan fingerprint density at radius 2 is 1.88 bits per heavy atom. The van der Waals surface area contributed by atoms with E-state index in [9.17, 15) is 9.18 Å². The summed E-state index contributed by atoms with van der Waals surface area (Å²) in [5, 5.41) is 4.55. The molecule has 0 bridgehead atoms. The van der Waals surface area contributed by atoms with Crippen LogP contribution in [0.4, 0.5) is 14.5 Å². The maximum absolute atomic E-state index is 13.2. The van der Waals surface area contributed by atoms with Crippen molar-refractivity contribution in [2.24, 2.45) is 5.92 Å². The van der Waals surface area contributed by atoms with Crippen molar-refractivity contribution in [3.8, 4) is 11.3 Å². The van der Waals surface area contributed by atoms with Crippen LogP contribution in [0, 0.1) is 11.7 Å². The second-order valence-corrected chi connectivity index (χ2v) is 7.35. The molecule has 1 aromatic carbocycles. The Hall–Kier alpha value is -1.95. The van der Waals surface area contributed by atoms with Gasteiger partial charge in [-0.2, -0.15) is 0 Å². The van der Waals surface area contributed by atoms with Gasteiger partial charge >= 0.3 is 0 Å². The van der Waals surface area contributed by atoms with Crippen molar-refractivity contribution in [3.63, 3.8) is 0 Å². The van der Waals surface area contributed by atoms with E-state index in [1.165, 1.54) is 29.9 Å². The number of halogens is 1. The van der Waals surface area contributed by atoms with Gasteiger partial charge < -0.3 is 10.2 Å². The molecule has 1 aromatic heterocycles. The average molecular weight is 347 g/mol. The van der Waals surface area contributed by atoms with Crippen LogP contribution < -0.4 is 10.2 Å². The molecule has 0 spiro atoms. The first-order valence-electron chi connectivity index (χ1n) is 8.37. The SMILES string of the molecule is CC(C)C(=O)Nc1nc(-c2ccc(F)cc2)c(N2CCCCC2)s1. The summed E-state index contributed by atoms with van der Waals surface area (Å²) >= 11 is 1.50. The highest BCUT2D eigenvalue weighted by atomic mass is 32.1. The molecule has 2 aromatic rings. The van der Waals surface area contributed by atoms with Gasteiger partial charge in [0.25, 0.3) is 0 Å². The van der Waals surface area contributed by atoms with Gasteiger partial charge in [0, 0.05) is 24.6 Å². The van der Waals surface area contributed by atoms with E-state index in [2.05, 4.69) is 15.2 Å². The van der Waals surface area contributed by atoms with E-state index in [4.69, 9.17) is 0 Å². The minimum Gasteiger partial charge on any atom is -0.362 e. The zero-order chi connectivity index (χ0) is 17.1. The summed E-state index contributed by atoms with van der Waals surface area (Å²) < 4.78 is 13.2. The molecular formula is C18H22FN3OS. The van der Waals surface area contributed by atoms with E-state index in [0.29, 0.717) is 5.13 Å². The Balaban J connectivity index is 1.95. The van der Waals surface area contributed by atoms with Gasteiger partial charge in [-0.25, -0.2) is 9.37 Å². The third-order valence-corrected chi connectivity index (χ3v) is 5.16. The number of thiazole rings is 1. The van der Waals surface area contributed by atoms with Gasteiger partial charge in [-0.05, 0) is 43.5 Å². The van der Waals surface area contributed by atoms with Gasteiger partial charge in [0.2, 0.25) is 5.91 Å². The van der Waals surface area contributed by atoms with Gasteiger partial charge in [0.15, 0.2) is 5.13 Å². The first-order valence-corrected chi connectivity index (χ1v) is 9.19. The molecule has 4 nitrogen and oxygen atoms in total. The third kappa shape index (κ3) is 3.75. The van der Waals surface area contributed by atoms with Crippen LogP contribution in [-0.2, 0) is 4.79 Å². The topological polar surface area (TPSA) is 45.2 Å². The van der Waals surface area contributed by atoms with Crippen molar-refractivity contribution in [2.75, 3.05) is 23.3 Å². The molecule has 6 heteroatoms. The first-order chi connectivity index (χ1) is 11.5. The molecule has 1 saturated heterocycles. The quantitative estimate of drug-likeness (QED) is 0.883. The molecule has 3 rings (SSSR count). The van der Waals surface area contributed by atoms with Crippen molar-refractivity contribution in [2.45, 2.75) is 33.1 Å². The highest BCUT2D eigenvalue weighted by Crippen LogP contribution is 2.39. The highest BCUT2D eigenvalue weighted by Gasteiger charge is 2.22. The molecule has 0 unspecified atom stereocenters. The lowest BCUT2D eigenvalue weighted by molar-refractivity contribution is -0.118. The van der Waals surface area contributed by atoms with Gasteiger partial charge in [0.1, 0.15) is 16.5 Å². The maximum Gasteiger partial charge on any atom is 0.228 e. The molecule has 1 amide bonds. The van der Waals surface area contributed by atoms with Crippen LogP contribution >= 0.6 is 11.3 Å². The molecule has 0 radical (unpaired) electrons. The van der Waals surface area contributed by atoms with Crippen LogP contribution in [0.15, 0.2) is 24.3 Å². The Kier molecular flexibility index (Phi) is 5.14. The van der Waals surface area contributed by atoms with Crippen LogP contribution in [-0.4, -0.2) is 24.0 Å². The van der Waals surface area contributed by atoms with Gasteiger partial charge in [-0.1, -0.05) is 25.2 Å². The van der Waals surface area contributed by atoms with Crippen molar-refractivity contribution in [1.82, 2.24) is 4.98 Å². The van der Waals surface area contributed by atoms with Crippen molar-refractivity contribution < 1.29 is 9.18 Å². The normalized spacial score (nSPS) is 14.9. The van der Waals surface area contributed by atoms with Crippen LogP contribution in [0.3, 0.4) is 0 Å². The number of hydrogen-bond acceptors (Lipinski definition) is 4. The predicted molar refractivity (Wildman–Crippen MR) is 97.0 cm³/mol. The van der Waals surface area contributed by atoms with Gasteiger partial charge in [-0.3, -0.25) is 4.79 Å². The van der Waals surface area contributed by atoms with E-state index in [1.807, 2.05) is 13.8 Å². The Morgan fingerprint density at radius 3 is 2.50 bits per heavy atom. The highest BCUT2D eigenvalue weighted by molar-refractivity contribution is 7.20. The predicted octanol–water partition coefficient (Wildman–Crippen LogP) is 4.53. The number of carbonyl (C=O) groups is 1. The Morgan fingerprint density at radius 1 is 1.21 bits per heavy atom. The number of hydrogen-bond donors (Lipinski definition) is 1. The minimum absolute atomic E-state index is 0.0420. The van der Waals surface area contributed by atoms with E-state index >= 15 is 0 Å². The Bertz CT molecular complexity index is 706. The summed E-state index contributed by atoms with van der Waals surface area (Å²) in [4.78, 5) is 18.9. The maximum atomic E-state index is 13.2. The Labute approximate surface area is 145 Å². The van der Waals surface area contributed by atoms with Crippen molar-refractivity contribution >= 4 is 27.4 Å². The summed E-state index contributed by atoms with van der Waals surface area (Å²) in [6.07, 6.45) is 3.57. The molecule has 2 heterocycles. The summed E-state index contributed by atoms with van der Waals surface area (Å²) in [5.41, 5.74) is 1.69. The number of nitrogens with zero attached hydrogens (tertiary/aromatic N) is 2. The molecule has 0 saturated carbocycles. The number of benzene rings is 1. The number of amides is 1. The largest absolute Gasteiger partial charge is 0.362 e. The fraction of sp³-hybridized carbons (Fsp3) is 0.444. The lowest BCUT2D eigenvalue weighted by atomic mass is 10.1. The molecular weight excluding hydrogens is 325 g/mol. The van der Waals surface area contributed by atoms with Gasteiger partial charge in [-0.15, -0.1) is 0 Å². The number of carbonyl (C=O) groups excluding carboxylic acids is 1. The molecule has 0 atom stereocenters. The number of aromatic nitrogens is 1. The zero-order valence-corrected chi connectivity index (χ0v) is 14.8. The fourth-order valence-electron chi connectivity index (χ4n) is 2.72. The number of rotatable bonds is 4. The minimum atomic E-state index is -0.262. The monoisotopic (exact) mass is 347 g/mol. The average Bonchev–Trinajstić information content (AvgIpc) is 3.00. The lowest BCUT2D eigenvalue weighted by Gasteiger charge is -2.27. The summed E-state index contributed by atoms with van der Waals surface area (Å²) in [6, 6.07) is 6.37. The standard InChI is InChI=1S/C18H22FN3OS/c1-12(2)16(23)21-18-20-15(13-6-8-14(19)9-7-13)17(24-18)22-10-4-3-5-11-22/h6-9,12H,3-5,10-11H2,1-2H3,(H,20,21,23). The van der Waals surface area contributed by atoms with E-state index in [-0.39, 0.29) is 17.6 Å². The third-order valence-electron chi connectivity index (χ3n) is 4.12. The molecule has 1 N–H and O–H groups in total. The van der Waals surface area contributed by atoms with E-state index in [1.54, 1.807) is 12.1 Å². The van der Waals surface area contributed by atoms with Crippen LogP contribution in [0.25, 0.3) is 11.3 Å². The molecule has 1 aliphatic rings. The smallest absolute Gasteiger partial charge is 0.228 e. The van der Waals surface area contributed by atoms with Crippen LogP contribution in [0.2, 0.25) is 0 Å². The molecule has 24 heavy (non-hydrogen) atoms. The summed E-state index contributed by atoms with van der Waals surface area (Å²) in [7, 11) is 0. The molecule has 1 aliphatic heterocycles. The second kappa shape index (κ2) is 7.30. The van der Waals surface area contributed by atoms with Gasteiger partial charge in [0.05, 0.1) is 0 Å². The summed E-state index contributed by atoms with van der Waals surface area (Å²) in [5.74, 6) is -0.400. The number of piperidine rings is 1. The van der Waals surface area contributed by atoms with Crippen molar-refractivity contribution in [3.05, 3.63) is 30.1 Å². The van der Waals surface area contributed by atoms with E-state index < -0.39 is 0 Å². The van der Waals surface area contributed by atoms with Crippen molar-refractivity contribution in [1.29, 1.82) is 0 Å². The molecule has 1 fully saturated rings. The molecule has 0 aliphatic carbocycles. The first kappa shape index (κ1) is 16.9.